The number of ketones is 1. The van der Waals surface area contributed by atoms with Crippen LogP contribution in [0.4, 0.5) is 0 Å². The molecule has 27 heavy (non-hydrogen) atoms. The van der Waals surface area contributed by atoms with E-state index in [-0.39, 0.29) is 17.3 Å². The summed E-state index contributed by atoms with van der Waals surface area (Å²) < 4.78 is 5.55. The fraction of sp³-hybridized carbons (Fsp3) is 0.522. The molecule has 0 heterocycles. The quantitative estimate of drug-likeness (QED) is 0.172. The number of aliphatic hydroxyl groups is 1. The number of benzene rings is 1. The molecule has 0 aliphatic carbocycles. The van der Waals surface area contributed by atoms with Gasteiger partial charge in [-0.25, -0.2) is 0 Å². The molecule has 0 aliphatic heterocycles. The third kappa shape index (κ3) is 10.5. The molecule has 150 valence electrons. The summed E-state index contributed by atoms with van der Waals surface area (Å²) in [6.45, 7) is 4.81. The van der Waals surface area contributed by atoms with Crippen LogP contribution in [0.1, 0.15) is 77.2 Å². The van der Waals surface area contributed by atoms with E-state index < -0.39 is 0 Å². The van der Waals surface area contributed by atoms with Gasteiger partial charge < -0.3 is 14.9 Å². The first-order valence-corrected chi connectivity index (χ1v) is 10.1. The van der Waals surface area contributed by atoms with Gasteiger partial charge >= 0.3 is 0 Å². The fourth-order valence-corrected chi connectivity index (χ4v) is 2.62. The number of carbonyl (C=O) groups is 1. The van der Waals surface area contributed by atoms with Crippen LogP contribution in [0.2, 0.25) is 0 Å². The predicted molar refractivity (Wildman–Crippen MR) is 111 cm³/mol. The molecule has 0 saturated heterocycles. The van der Waals surface area contributed by atoms with E-state index >= 15 is 0 Å². The van der Waals surface area contributed by atoms with E-state index in [1.54, 1.807) is 24.3 Å². The van der Waals surface area contributed by atoms with Gasteiger partial charge in [-0.1, -0.05) is 64.5 Å². The highest BCUT2D eigenvalue weighted by Crippen LogP contribution is 2.27. The Balaban J connectivity index is 2.48. The van der Waals surface area contributed by atoms with Crippen LogP contribution < -0.4 is 4.74 Å². The van der Waals surface area contributed by atoms with Gasteiger partial charge in [0.25, 0.3) is 0 Å². The molecule has 0 saturated carbocycles. The Bertz CT molecular complexity index is 617. The number of hydrogen-bond acceptors (Lipinski definition) is 4. The lowest BCUT2D eigenvalue weighted by Gasteiger charge is -2.08. The third-order valence-corrected chi connectivity index (χ3v) is 4.27. The summed E-state index contributed by atoms with van der Waals surface area (Å²) in [6.07, 6.45) is 13.7. The second-order valence-corrected chi connectivity index (χ2v) is 6.82. The van der Waals surface area contributed by atoms with Crippen LogP contribution in [0, 0.1) is 0 Å². The molecule has 0 amide bonds. The van der Waals surface area contributed by atoms with Crippen molar-refractivity contribution < 1.29 is 19.7 Å². The monoisotopic (exact) mass is 374 g/mol. The molecule has 1 aromatic rings. The van der Waals surface area contributed by atoms with Gasteiger partial charge in [0.15, 0.2) is 17.3 Å². The van der Waals surface area contributed by atoms with Crippen LogP contribution in [-0.4, -0.2) is 22.6 Å². The lowest BCUT2D eigenvalue weighted by atomic mass is 10.1. The maximum atomic E-state index is 11.9. The van der Waals surface area contributed by atoms with E-state index in [2.05, 4.69) is 13.8 Å². The second kappa shape index (κ2) is 13.9. The number of phenolic OH excluding ortho intramolecular Hbond substituents is 1. The zero-order chi connectivity index (χ0) is 19.9. The predicted octanol–water partition coefficient (Wildman–Crippen LogP) is 6.35. The molecular weight excluding hydrogens is 340 g/mol. The summed E-state index contributed by atoms with van der Waals surface area (Å²) >= 11 is 0. The first kappa shape index (κ1) is 22.8. The second-order valence-electron chi connectivity index (χ2n) is 6.82. The number of rotatable bonds is 14. The van der Waals surface area contributed by atoms with Crippen molar-refractivity contribution in [3.05, 3.63) is 41.7 Å². The molecule has 0 aliphatic rings. The maximum Gasteiger partial charge on any atom is 0.161 e. The van der Waals surface area contributed by atoms with Crippen LogP contribution in [0.25, 0.3) is 6.08 Å². The van der Waals surface area contributed by atoms with Crippen molar-refractivity contribution in [2.45, 2.75) is 71.6 Å². The van der Waals surface area contributed by atoms with Crippen molar-refractivity contribution in [3.8, 4) is 11.5 Å². The number of aliphatic hydroxyl groups excluding tert-OH is 1. The first-order chi connectivity index (χ1) is 13.1. The molecule has 2 N–H and O–H groups in total. The summed E-state index contributed by atoms with van der Waals surface area (Å²) in [6, 6.07) is 5.00. The molecule has 4 heteroatoms. The van der Waals surface area contributed by atoms with Gasteiger partial charge in [0, 0.05) is 12.5 Å². The number of ether oxygens (including phenoxy) is 1. The molecular formula is C23H34O4. The molecule has 4 nitrogen and oxygen atoms in total. The highest BCUT2D eigenvalue weighted by molar-refractivity contribution is 5.90. The minimum absolute atomic E-state index is 0.0538. The van der Waals surface area contributed by atoms with Crippen LogP contribution in [0.15, 0.2) is 36.1 Å². The minimum atomic E-state index is -0.0625. The van der Waals surface area contributed by atoms with E-state index in [1.165, 1.54) is 37.8 Å². The number of hydrogen-bond donors (Lipinski definition) is 2. The molecule has 0 aromatic heterocycles. The SMILES string of the molecule is CCCCCCCCC(=O)C=C(O)C=Cc1ccc(O)c(OCCCC)c1. The van der Waals surface area contributed by atoms with E-state index in [1.807, 2.05) is 0 Å². The van der Waals surface area contributed by atoms with Gasteiger partial charge in [0.1, 0.15) is 5.76 Å². The molecule has 0 spiro atoms. The standard InChI is InChI=1S/C23H34O4/c1-3-5-7-8-9-10-11-20(24)18-21(25)14-12-19-13-15-22(26)23(17-19)27-16-6-4-2/h12-15,17-18,25-26H,3-11,16H2,1-2H3. The Morgan fingerprint density at radius 2 is 1.74 bits per heavy atom. The molecule has 0 unspecified atom stereocenters. The largest absolute Gasteiger partial charge is 0.508 e. The zero-order valence-electron chi connectivity index (χ0n) is 16.7. The maximum absolute atomic E-state index is 11.9. The Kier molecular flexibility index (Phi) is 11.7. The van der Waals surface area contributed by atoms with Crippen LogP contribution in [0.3, 0.4) is 0 Å². The number of phenols is 1. The van der Waals surface area contributed by atoms with Gasteiger partial charge in [0.2, 0.25) is 0 Å². The third-order valence-electron chi connectivity index (χ3n) is 4.27. The van der Waals surface area contributed by atoms with E-state index in [9.17, 15) is 15.0 Å². The van der Waals surface area contributed by atoms with Gasteiger partial charge in [-0.15, -0.1) is 0 Å². The topological polar surface area (TPSA) is 66.8 Å². The first-order valence-electron chi connectivity index (χ1n) is 10.1. The van der Waals surface area contributed by atoms with Crippen molar-refractivity contribution in [1.82, 2.24) is 0 Å². The van der Waals surface area contributed by atoms with Gasteiger partial charge in [-0.05, 0) is 36.6 Å². The molecule has 0 bridgehead atoms. The average Bonchev–Trinajstić information content (AvgIpc) is 2.65. The Labute approximate surface area is 163 Å². The molecule has 1 rings (SSSR count). The van der Waals surface area contributed by atoms with Crippen molar-refractivity contribution in [2.24, 2.45) is 0 Å². The fourth-order valence-electron chi connectivity index (χ4n) is 2.62. The number of aromatic hydroxyl groups is 1. The van der Waals surface area contributed by atoms with Gasteiger partial charge in [-0.2, -0.15) is 0 Å². The van der Waals surface area contributed by atoms with Crippen LogP contribution in [-0.2, 0) is 4.79 Å². The van der Waals surface area contributed by atoms with Crippen molar-refractivity contribution in [2.75, 3.05) is 6.61 Å². The molecule has 1 aromatic carbocycles. The smallest absolute Gasteiger partial charge is 0.161 e. The Morgan fingerprint density at radius 3 is 2.48 bits per heavy atom. The minimum Gasteiger partial charge on any atom is -0.508 e. The van der Waals surface area contributed by atoms with Crippen LogP contribution >= 0.6 is 0 Å². The van der Waals surface area contributed by atoms with Crippen molar-refractivity contribution in [3.63, 3.8) is 0 Å². The van der Waals surface area contributed by atoms with E-state index in [0.29, 0.717) is 18.8 Å². The summed E-state index contributed by atoms with van der Waals surface area (Å²) in [5, 5.41) is 19.8. The highest BCUT2D eigenvalue weighted by atomic mass is 16.5. The lowest BCUT2D eigenvalue weighted by Crippen LogP contribution is -1.97. The van der Waals surface area contributed by atoms with Gasteiger partial charge in [-0.3, -0.25) is 4.79 Å². The molecule has 0 atom stereocenters. The molecule has 0 radical (unpaired) electrons. The van der Waals surface area contributed by atoms with E-state index in [0.717, 1.165) is 31.2 Å². The molecule has 0 fully saturated rings. The zero-order valence-corrected chi connectivity index (χ0v) is 16.7. The number of allylic oxidation sites excluding steroid dienone is 2. The summed E-state index contributed by atoms with van der Waals surface area (Å²) in [4.78, 5) is 11.9. The highest BCUT2D eigenvalue weighted by Gasteiger charge is 2.03. The summed E-state index contributed by atoms with van der Waals surface area (Å²) in [5.74, 6) is 0.403. The van der Waals surface area contributed by atoms with Crippen LogP contribution in [0.5, 0.6) is 11.5 Å². The Morgan fingerprint density at radius 1 is 1.04 bits per heavy atom. The number of carbonyl (C=O) groups excluding carboxylic acids is 1. The normalized spacial score (nSPS) is 11.9. The van der Waals surface area contributed by atoms with Crippen molar-refractivity contribution in [1.29, 1.82) is 0 Å². The summed E-state index contributed by atoms with van der Waals surface area (Å²) in [5.41, 5.74) is 0.780. The van der Waals surface area contributed by atoms with Crippen molar-refractivity contribution >= 4 is 11.9 Å². The lowest BCUT2D eigenvalue weighted by molar-refractivity contribution is -0.114. The average molecular weight is 375 g/mol. The Hall–Kier alpha value is -2.23. The number of unbranched alkanes of at least 4 members (excludes halogenated alkanes) is 6. The summed E-state index contributed by atoms with van der Waals surface area (Å²) in [7, 11) is 0. The van der Waals surface area contributed by atoms with Gasteiger partial charge in [0.05, 0.1) is 6.61 Å². The van der Waals surface area contributed by atoms with E-state index in [4.69, 9.17) is 4.74 Å².